The summed E-state index contributed by atoms with van der Waals surface area (Å²) >= 11 is 0. The lowest BCUT2D eigenvalue weighted by Crippen LogP contribution is -2.45. The van der Waals surface area contributed by atoms with Crippen LogP contribution in [0, 0.1) is 5.82 Å². The number of hydrogen-bond donors (Lipinski definition) is 0. The molecule has 0 unspecified atom stereocenters. The molecule has 0 saturated carbocycles. The SMILES string of the molecule is Fc1ccc(CN2CCOC[C@@]3(CC[C@H](CN4CCCC4)O3)C2)cc1. The maximum absolute atomic E-state index is 13.1. The zero-order chi connectivity index (χ0) is 17.1. The van der Waals surface area contributed by atoms with Gasteiger partial charge >= 0.3 is 0 Å². The van der Waals surface area contributed by atoms with Gasteiger partial charge < -0.3 is 14.4 Å². The van der Waals surface area contributed by atoms with Gasteiger partial charge in [0.05, 0.1) is 19.3 Å². The van der Waals surface area contributed by atoms with Crippen molar-refractivity contribution in [2.45, 2.75) is 43.9 Å². The lowest BCUT2D eigenvalue weighted by molar-refractivity contribution is -0.0913. The minimum absolute atomic E-state index is 0.166. The maximum atomic E-state index is 13.1. The van der Waals surface area contributed by atoms with Crippen molar-refractivity contribution in [3.8, 4) is 0 Å². The number of hydrogen-bond acceptors (Lipinski definition) is 4. The Morgan fingerprint density at radius 1 is 1.08 bits per heavy atom. The molecule has 5 heteroatoms. The van der Waals surface area contributed by atoms with Gasteiger partial charge in [-0.15, -0.1) is 0 Å². The Hall–Kier alpha value is -1.01. The Kier molecular flexibility index (Phi) is 5.36. The molecule has 3 saturated heterocycles. The zero-order valence-corrected chi connectivity index (χ0v) is 15.0. The first kappa shape index (κ1) is 17.4. The first-order chi connectivity index (χ1) is 12.2. The monoisotopic (exact) mass is 348 g/mol. The van der Waals surface area contributed by atoms with Gasteiger partial charge in [0.1, 0.15) is 11.4 Å². The molecule has 4 nitrogen and oxygen atoms in total. The van der Waals surface area contributed by atoms with E-state index in [0.29, 0.717) is 12.7 Å². The molecular weight excluding hydrogens is 319 g/mol. The summed E-state index contributed by atoms with van der Waals surface area (Å²) in [5.41, 5.74) is 0.978. The van der Waals surface area contributed by atoms with E-state index in [2.05, 4.69) is 9.80 Å². The molecule has 0 aromatic heterocycles. The Labute approximate surface area is 149 Å². The summed E-state index contributed by atoms with van der Waals surface area (Å²) in [6.45, 7) is 7.58. The predicted molar refractivity (Wildman–Crippen MR) is 95.0 cm³/mol. The van der Waals surface area contributed by atoms with Crippen molar-refractivity contribution >= 4 is 0 Å². The minimum atomic E-state index is -0.177. The van der Waals surface area contributed by atoms with Crippen LogP contribution in [0.3, 0.4) is 0 Å². The highest BCUT2D eigenvalue weighted by Crippen LogP contribution is 2.34. The first-order valence-corrected chi connectivity index (χ1v) is 9.66. The molecule has 0 N–H and O–H groups in total. The van der Waals surface area contributed by atoms with Crippen LogP contribution in [0.5, 0.6) is 0 Å². The molecule has 25 heavy (non-hydrogen) atoms. The second-order valence-corrected chi connectivity index (χ2v) is 7.86. The summed E-state index contributed by atoms with van der Waals surface area (Å²) in [5, 5.41) is 0. The molecule has 1 aromatic carbocycles. The number of nitrogens with zero attached hydrogens (tertiary/aromatic N) is 2. The molecule has 0 amide bonds. The molecule has 3 aliphatic rings. The lowest BCUT2D eigenvalue weighted by Gasteiger charge is -2.32. The van der Waals surface area contributed by atoms with Gasteiger partial charge in [-0.05, 0) is 56.5 Å². The van der Waals surface area contributed by atoms with Gasteiger partial charge in [0.25, 0.3) is 0 Å². The third-order valence-corrected chi connectivity index (χ3v) is 5.75. The average molecular weight is 348 g/mol. The first-order valence-electron chi connectivity index (χ1n) is 9.66. The smallest absolute Gasteiger partial charge is 0.123 e. The number of ether oxygens (including phenoxy) is 2. The molecule has 3 fully saturated rings. The van der Waals surface area contributed by atoms with Gasteiger partial charge in [-0.3, -0.25) is 4.90 Å². The normalized spacial score (nSPS) is 31.6. The van der Waals surface area contributed by atoms with Crippen LogP contribution < -0.4 is 0 Å². The molecule has 1 spiro atoms. The number of likely N-dealkylation sites (tertiary alicyclic amines) is 1. The fraction of sp³-hybridized carbons (Fsp3) is 0.700. The molecule has 0 aliphatic carbocycles. The Morgan fingerprint density at radius 3 is 2.68 bits per heavy atom. The van der Waals surface area contributed by atoms with Crippen molar-refractivity contribution in [2.75, 3.05) is 45.9 Å². The van der Waals surface area contributed by atoms with E-state index in [1.807, 2.05) is 12.1 Å². The maximum Gasteiger partial charge on any atom is 0.123 e. The largest absolute Gasteiger partial charge is 0.377 e. The Morgan fingerprint density at radius 2 is 1.88 bits per heavy atom. The van der Waals surface area contributed by atoms with Crippen LogP contribution in [0.2, 0.25) is 0 Å². The van der Waals surface area contributed by atoms with E-state index in [0.717, 1.165) is 51.2 Å². The topological polar surface area (TPSA) is 24.9 Å². The summed E-state index contributed by atoms with van der Waals surface area (Å²) in [6, 6.07) is 6.83. The Balaban J connectivity index is 1.36. The molecular formula is C20H29FN2O2. The van der Waals surface area contributed by atoms with Crippen molar-refractivity contribution < 1.29 is 13.9 Å². The summed E-state index contributed by atoms with van der Waals surface area (Å²) in [6.07, 6.45) is 5.20. The van der Waals surface area contributed by atoms with E-state index >= 15 is 0 Å². The molecule has 138 valence electrons. The van der Waals surface area contributed by atoms with E-state index in [1.54, 1.807) is 0 Å². The van der Waals surface area contributed by atoms with E-state index in [1.165, 1.54) is 38.1 Å². The number of rotatable bonds is 4. The second kappa shape index (κ2) is 7.70. The van der Waals surface area contributed by atoms with Crippen LogP contribution in [-0.4, -0.2) is 67.4 Å². The third-order valence-electron chi connectivity index (χ3n) is 5.75. The van der Waals surface area contributed by atoms with Crippen LogP contribution in [0.25, 0.3) is 0 Å². The van der Waals surface area contributed by atoms with Gasteiger partial charge in [0.15, 0.2) is 0 Å². The summed E-state index contributed by atoms with van der Waals surface area (Å²) in [7, 11) is 0. The third kappa shape index (κ3) is 4.40. The van der Waals surface area contributed by atoms with Crippen molar-refractivity contribution in [2.24, 2.45) is 0 Å². The molecule has 1 aromatic rings. The van der Waals surface area contributed by atoms with Gasteiger partial charge in [0.2, 0.25) is 0 Å². The van der Waals surface area contributed by atoms with E-state index in [-0.39, 0.29) is 11.4 Å². The summed E-state index contributed by atoms with van der Waals surface area (Å²) in [4.78, 5) is 4.94. The fourth-order valence-electron chi connectivity index (χ4n) is 4.47. The molecule has 2 atom stereocenters. The number of benzene rings is 1. The van der Waals surface area contributed by atoms with Crippen LogP contribution in [0.1, 0.15) is 31.2 Å². The van der Waals surface area contributed by atoms with Gasteiger partial charge in [0, 0.05) is 26.2 Å². The van der Waals surface area contributed by atoms with Crippen molar-refractivity contribution in [1.29, 1.82) is 0 Å². The van der Waals surface area contributed by atoms with Gasteiger partial charge in [-0.25, -0.2) is 4.39 Å². The standard InChI is InChI=1S/C20H29FN2O2/c21-18-5-3-17(4-6-18)13-23-11-12-24-16-20(15-23)8-7-19(25-20)14-22-9-1-2-10-22/h3-6,19H,1-2,7-16H2/t19-,20-/m1/s1. The average Bonchev–Trinajstić information content (AvgIpc) is 3.20. The molecule has 4 rings (SSSR count). The number of halogens is 1. The molecule has 3 aliphatic heterocycles. The highest BCUT2D eigenvalue weighted by molar-refractivity contribution is 5.16. The van der Waals surface area contributed by atoms with E-state index < -0.39 is 0 Å². The van der Waals surface area contributed by atoms with Crippen molar-refractivity contribution in [3.05, 3.63) is 35.6 Å². The highest BCUT2D eigenvalue weighted by Gasteiger charge is 2.43. The van der Waals surface area contributed by atoms with Gasteiger partial charge in [-0.2, -0.15) is 0 Å². The minimum Gasteiger partial charge on any atom is -0.377 e. The van der Waals surface area contributed by atoms with Crippen LogP contribution in [0.15, 0.2) is 24.3 Å². The fourth-order valence-corrected chi connectivity index (χ4v) is 4.47. The highest BCUT2D eigenvalue weighted by atomic mass is 19.1. The van der Waals surface area contributed by atoms with E-state index in [9.17, 15) is 4.39 Å². The molecule has 0 bridgehead atoms. The van der Waals surface area contributed by atoms with Crippen LogP contribution in [0.4, 0.5) is 4.39 Å². The van der Waals surface area contributed by atoms with Crippen molar-refractivity contribution in [3.63, 3.8) is 0 Å². The zero-order valence-electron chi connectivity index (χ0n) is 15.0. The second-order valence-electron chi connectivity index (χ2n) is 7.86. The van der Waals surface area contributed by atoms with Crippen LogP contribution in [-0.2, 0) is 16.0 Å². The quantitative estimate of drug-likeness (QED) is 0.835. The van der Waals surface area contributed by atoms with Crippen LogP contribution >= 0.6 is 0 Å². The lowest BCUT2D eigenvalue weighted by atomic mass is 9.99. The van der Waals surface area contributed by atoms with E-state index in [4.69, 9.17) is 9.47 Å². The summed E-state index contributed by atoms with van der Waals surface area (Å²) < 4.78 is 25.6. The van der Waals surface area contributed by atoms with Crippen molar-refractivity contribution in [1.82, 2.24) is 9.80 Å². The summed E-state index contributed by atoms with van der Waals surface area (Å²) in [5.74, 6) is -0.177. The molecule has 3 heterocycles. The predicted octanol–water partition coefficient (Wildman–Crippen LogP) is 2.67. The molecule has 0 radical (unpaired) electrons. The Bertz CT molecular complexity index is 561. The van der Waals surface area contributed by atoms with Gasteiger partial charge in [-0.1, -0.05) is 12.1 Å².